The third-order valence-electron chi connectivity index (χ3n) is 26.0. The fourth-order valence-electron chi connectivity index (χ4n) is 20.7. The van der Waals surface area contributed by atoms with Crippen LogP contribution in [0.15, 0.2) is 352 Å². The molecule has 0 saturated carbocycles. The highest BCUT2D eigenvalue weighted by Gasteiger charge is 2.49. The lowest BCUT2D eigenvalue weighted by Gasteiger charge is -2.46. The minimum atomic E-state index is -0.357. The maximum atomic E-state index is 2.83. The van der Waals surface area contributed by atoms with Gasteiger partial charge in [-0.05, 0) is 146 Å². The first-order valence-corrected chi connectivity index (χ1v) is 42.9. The lowest BCUT2D eigenvalue weighted by molar-refractivity contribution is 0.590. The first-order chi connectivity index (χ1) is 57.9. The Morgan fingerprint density at radius 1 is 0.263 bits per heavy atom. The Kier molecular flexibility index (Phi) is 14.3. The van der Waals surface area contributed by atoms with Crippen molar-refractivity contribution in [3.05, 3.63) is 363 Å². The summed E-state index contributed by atoms with van der Waals surface area (Å²) in [6, 6.07) is 135. The summed E-state index contributed by atoms with van der Waals surface area (Å²) in [6.45, 7) is 13.9. The zero-order valence-electron chi connectivity index (χ0n) is 66.1. The van der Waals surface area contributed by atoms with Gasteiger partial charge in [-0.1, -0.05) is 308 Å². The molecule has 0 N–H and O–H groups in total. The van der Waals surface area contributed by atoms with Gasteiger partial charge in [0.2, 0.25) is 0 Å². The van der Waals surface area contributed by atoms with Gasteiger partial charge in [0.25, 0.3) is 6.71 Å². The number of hydrogen-bond acceptors (Lipinski definition) is 4. The molecule has 25 rings (SSSR count). The van der Waals surface area contributed by atoms with Crippen LogP contribution in [0.5, 0.6) is 0 Å². The molecule has 2 aliphatic rings. The summed E-state index contributed by atoms with van der Waals surface area (Å²) in [5, 5.41) is 14.9. The molecule has 0 bridgehead atoms. The summed E-state index contributed by atoms with van der Waals surface area (Å²) in [5.74, 6) is 0. The number of fused-ring (bicyclic) bond motifs is 26. The minimum absolute atomic E-state index is 0.244. The Morgan fingerprint density at radius 2 is 0.585 bits per heavy atom. The van der Waals surface area contributed by atoms with E-state index < -0.39 is 0 Å². The third-order valence-corrected chi connectivity index (χ3v) is 28.4. The van der Waals surface area contributed by atoms with Crippen LogP contribution in [0.1, 0.15) is 52.7 Å². The van der Waals surface area contributed by atoms with Gasteiger partial charge in [0.15, 0.2) is 0 Å². The van der Waals surface area contributed by atoms with Gasteiger partial charge in [0, 0.05) is 119 Å². The third kappa shape index (κ3) is 9.49. The molecule has 0 atom stereocenters. The normalized spacial score (nSPS) is 13.1. The van der Waals surface area contributed by atoms with Gasteiger partial charge in [-0.15, -0.1) is 22.7 Å². The molecule has 0 unspecified atom stereocenters. The van der Waals surface area contributed by atoms with Crippen LogP contribution in [0.4, 0.5) is 34.1 Å². The molecule has 0 saturated heterocycles. The number of hydrogen-bond donors (Lipinski definition) is 0. The maximum Gasteiger partial charge on any atom is 0.252 e. The number of aromatic nitrogens is 3. The van der Waals surface area contributed by atoms with Crippen LogP contribution in [0.3, 0.4) is 0 Å². The van der Waals surface area contributed by atoms with E-state index in [4.69, 9.17) is 0 Å². The molecule has 23 aromatic rings. The second kappa shape index (κ2) is 24.9. The van der Waals surface area contributed by atoms with E-state index in [-0.39, 0.29) is 17.5 Å². The molecular weight excluding hydrogens is 1470 g/mol. The number of rotatable bonds is 8. The zero-order valence-corrected chi connectivity index (χ0v) is 67.7. The van der Waals surface area contributed by atoms with Crippen LogP contribution in [-0.4, -0.2) is 20.2 Å². The Hall–Kier alpha value is -13.8. The molecule has 0 fully saturated rings. The van der Waals surface area contributed by atoms with Crippen LogP contribution >= 0.6 is 22.7 Å². The number of benzene rings is 17. The highest BCUT2D eigenvalue weighted by molar-refractivity contribution is 7.27. The van der Waals surface area contributed by atoms with E-state index in [0.717, 1.165) is 78.6 Å². The van der Waals surface area contributed by atoms with Gasteiger partial charge >= 0.3 is 0 Å². The highest BCUT2D eigenvalue weighted by atomic mass is 32.1. The predicted molar refractivity (Wildman–Crippen MR) is 509 cm³/mol. The molecule has 2 aliphatic heterocycles. The molecule has 0 amide bonds. The molecule has 6 aromatic heterocycles. The fraction of sp³-hybridized carbons (Fsp3) is 0.0727. The maximum absolute atomic E-state index is 2.83. The van der Waals surface area contributed by atoms with Crippen molar-refractivity contribution in [3.63, 3.8) is 0 Å². The van der Waals surface area contributed by atoms with Gasteiger partial charge in [-0.25, -0.2) is 0 Å². The first-order valence-electron chi connectivity index (χ1n) is 41.3. The highest BCUT2D eigenvalue weighted by Crippen LogP contribution is 2.61. The average Bonchev–Trinajstić information content (AvgIpc) is 1.40. The molecule has 0 spiro atoms. The Labute approximate surface area is 691 Å². The number of anilines is 6. The van der Waals surface area contributed by atoms with Crippen LogP contribution < -0.4 is 26.2 Å². The van der Waals surface area contributed by atoms with E-state index >= 15 is 0 Å². The molecule has 8 heterocycles. The van der Waals surface area contributed by atoms with E-state index in [0.29, 0.717) is 0 Å². The second-order valence-corrected chi connectivity index (χ2v) is 36.7. The lowest BCUT2D eigenvalue weighted by atomic mass is 9.33. The van der Waals surface area contributed by atoms with E-state index in [9.17, 15) is 0 Å². The standard InChI is InChI=1S/C110H76BN5S2/c1-109(2,3)69-59-83(65-31-11-7-12-32-65)100(84(60-69)66-33-13-8-14-34-66)115-93-63-71(112-89-45-25-19-39-73(89)77-53-55-79-75-41-23-29-49-95(75)117-107(79)102(77)112)51-57-87(93)111-88-58-52-72(113-90-46-26-20-40-74(90)78-54-56-80-76-42-24-30-50-96(76)118-108(80)103(78)113)64-94(88)116(101-85(67-35-15-9-16-36-67)61-70(110(4,5)6)62-86(101)68-37-17-10-18-38-68)106-98-82-44-22-28-48-92(82)114-91-47-27-21-43-81(91)97(104(98)114)105(115)99(106)111/h7-64H,1-6H3. The van der Waals surface area contributed by atoms with E-state index in [2.05, 4.69) is 417 Å². The van der Waals surface area contributed by atoms with E-state index in [1.165, 1.54) is 161 Å². The summed E-state index contributed by atoms with van der Waals surface area (Å²) in [5.41, 5.74) is 32.3. The largest absolute Gasteiger partial charge is 0.309 e. The van der Waals surface area contributed by atoms with Crippen molar-refractivity contribution >= 4 is 202 Å². The molecule has 17 aromatic carbocycles. The van der Waals surface area contributed by atoms with E-state index in [1.807, 2.05) is 22.7 Å². The van der Waals surface area contributed by atoms with Gasteiger partial charge in [-0.2, -0.15) is 0 Å². The Bertz CT molecular complexity index is 7620. The van der Waals surface area contributed by atoms with Crippen molar-refractivity contribution in [2.24, 2.45) is 0 Å². The SMILES string of the molecule is CC(C)(C)c1cc(-c2ccccc2)c(N2c3cc(-n4c5ccccc5c5ccc6c7ccccc7sc6c54)ccc3B3c4ccc(-n5c6ccccc6c6ccc7c8ccccc8sc7c65)cc4N(c4c(-c5ccccc5)cc(C(C)(C)C)cc4-c4ccccc4)c4c3c2c2c3ccccc3n3c5ccccc5c4c23)c(-c2ccccc2)c1. The molecule has 5 nitrogen and oxygen atoms in total. The topological polar surface area (TPSA) is 20.8 Å². The van der Waals surface area contributed by atoms with Crippen molar-refractivity contribution in [1.82, 2.24) is 13.5 Å². The Balaban J connectivity index is 0.919. The van der Waals surface area contributed by atoms with Crippen molar-refractivity contribution in [3.8, 4) is 55.9 Å². The van der Waals surface area contributed by atoms with Gasteiger partial charge in [-0.3, -0.25) is 0 Å². The van der Waals surface area contributed by atoms with Crippen molar-refractivity contribution in [1.29, 1.82) is 0 Å². The van der Waals surface area contributed by atoms with Crippen LogP contribution in [-0.2, 0) is 10.8 Å². The average molecular weight is 1540 g/mol. The van der Waals surface area contributed by atoms with Crippen molar-refractivity contribution in [2.75, 3.05) is 9.80 Å². The van der Waals surface area contributed by atoms with Gasteiger partial charge < -0.3 is 23.3 Å². The number of para-hydroxylation sites is 4. The minimum Gasteiger partial charge on any atom is -0.309 e. The van der Waals surface area contributed by atoms with Crippen molar-refractivity contribution in [2.45, 2.75) is 52.4 Å². The second-order valence-electron chi connectivity index (χ2n) is 34.6. The lowest BCUT2D eigenvalue weighted by Crippen LogP contribution is -2.61. The summed E-state index contributed by atoms with van der Waals surface area (Å²) in [6.07, 6.45) is 0. The van der Waals surface area contributed by atoms with E-state index in [1.54, 1.807) is 0 Å². The smallest absolute Gasteiger partial charge is 0.252 e. The summed E-state index contributed by atoms with van der Waals surface area (Å²) in [7, 11) is 0. The van der Waals surface area contributed by atoms with Gasteiger partial charge in [0.1, 0.15) is 0 Å². The number of thiophene rings is 2. The monoisotopic (exact) mass is 1540 g/mol. The summed E-state index contributed by atoms with van der Waals surface area (Å²) >= 11 is 3.82. The molecule has 0 radical (unpaired) electrons. The molecular formula is C110H76BN5S2. The van der Waals surface area contributed by atoms with Gasteiger partial charge in [0.05, 0.1) is 70.8 Å². The molecule has 556 valence electrons. The predicted octanol–water partition coefficient (Wildman–Crippen LogP) is 29.1. The molecule has 118 heavy (non-hydrogen) atoms. The first kappa shape index (κ1) is 67.6. The van der Waals surface area contributed by atoms with Crippen LogP contribution in [0.25, 0.3) is 178 Å². The zero-order chi connectivity index (χ0) is 78.3. The fourth-order valence-corrected chi connectivity index (χ4v) is 23.2. The Morgan fingerprint density at radius 3 is 0.958 bits per heavy atom. The summed E-state index contributed by atoms with van der Waals surface area (Å²) < 4.78 is 13.0. The van der Waals surface area contributed by atoms with Crippen LogP contribution in [0.2, 0.25) is 0 Å². The molecule has 0 aliphatic carbocycles. The van der Waals surface area contributed by atoms with Crippen LogP contribution in [0, 0.1) is 0 Å². The molecule has 8 heteroatoms. The number of nitrogens with zero attached hydrogens (tertiary/aromatic N) is 5. The van der Waals surface area contributed by atoms with Crippen molar-refractivity contribution < 1.29 is 0 Å². The summed E-state index contributed by atoms with van der Waals surface area (Å²) in [4.78, 5) is 5.66. The quantitative estimate of drug-likeness (QED) is 0.141.